The SMILES string of the molecule is CCCCCCCC/C=C\CCCCCCCC(=O)NCCNC(=O)C[C@H](O)C[C@@H](O)CC[C@@H]1C2C(=C[C@H](C)CC2OC(=O)C(C)(C)CC)C=C[C@@H]1C. The van der Waals surface area contributed by atoms with Gasteiger partial charge in [-0.1, -0.05) is 109 Å². The number of hydrogen-bond donors (Lipinski definition) is 4. The Morgan fingerprint density at radius 3 is 2.11 bits per heavy atom. The number of fused-ring (bicyclic) bond motifs is 1. The van der Waals surface area contributed by atoms with Gasteiger partial charge in [-0.05, 0) is 101 Å². The Morgan fingerprint density at radius 2 is 1.47 bits per heavy atom. The minimum atomic E-state index is -0.958. The van der Waals surface area contributed by atoms with Crippen LogP contribution in [0, 0.1) is 29.1 Å². The van der Waals surface area contributed by atoms with E-state index in [1.165, 1.54) is 63.4 Å². The lowest BCUT2D eigenvalue weighted by Crippen LogP contribution is -2.43. The molecule has 8 nitrogen and oxygen atoms in total. The highest BCUT2D eigenvalue weighted by atomic mass is 16.5. The van der Waals surface area contributed by atoms with Gasteiger partial charge in [0, 0.05) is 25.4 Å². The van der Waals surface area contributed by atoms with E-state index < -0.39 is 17.6 Å². The molecule has 0 saturated heterocycles. The molecule has 304 valence electrons. The van der Waals surface area contributed by atoms with Crippen molar-refractivity contribution in [1.29, 1.82) is 0 Å². The van der Waals surface area contributed by atoms with Gasteiger partial charge in [0.25, 0.3) is 0 Å². The maximum absolute atomic E-state index is 13.1. The zero-order valence-corrected chi connectivity index (χ0v) is 34.5. The molecule has 2 aliphatic carbocycles. The Labute approximate surface area is 323 Å². The lowest BCUT2D eigenvalue weighted by molar-refractivity contribution is -0.164. The van der Waals surface area contributed by atoms with Gasteiger partial charge in [-0.2, -0.15) is 0 Å². The number of aliphatic hydroxyl groups is 2. The van der Waals surface area contributed by atoms with Crippen molar-refractivity contribution in [2.45, 2.75) is 188 Å². The first-order valence-electron chi connectivity index (χ1n) is 21.5. The molecule has 2 aliphatic rings. The fraction of sp³-hybridized carbons (Fsp3) is 0.800. The summed E-state index contributed by atoms with van der Waals surface area (Å²) >= 11 is 0. The van der Waals surface area contributed by atoms with Crippen molar-refractivity contribution in [2.24, 2.45) is 29.1 Å². The molecule has 2 unspecified atom stereocenters. The number of aliphatic hydroxyl groups excluding tert-OH is 2. The molecule has 0 heterocycles. The number of carbonyl (C=O) groups excluding carboxylic acids is 3. The first kappa shape index (κ1) is 46.7. The molecule has 0 aromatic rings. The lowest BCUT2D eigenvalue weighted by atomic mass is 9.65. The third-order valence-electron chi connectivity index (χ3n) is 11.5. The van der Waals surface area contributed by atoms with Gasteiger partial charge in [-0.15, -0.1) is 0 Å². The Morgan fingerprint density at radius 1 is 0.868 bits per heavy atom. The number of esters is 1. The molecule has 4 N–H and O–H groups in total. The van der Waals surface area contributed by atoms with Crippen LogP contribution in [0.4, 0.5) is 0 Å². The molecule has 7 atom stereocenters. The zero-order valence-electron chi connectivity index (χ0n) is 34.5. The fourth-order valence-electron chi connectivity index (χ4n) is 7.70. The third kappa shape index (κ3) is 19.1. The largest absolute Gasteiger partial charge is 0.461 e. The Hall–Kier alpha value is -2.45. The van der Waals surface area contributed by atoms with E-state index in [4.69, 9.17) is 4.74 Å². The second-order valence-electron chi connectivity index (χ2n) is 16.8. The van der Waals surface area contributed by atoms with Crippen LogP contribution in [0.1, 0.15) is 170 Å². The van der Waals surface area contributed by atoms with E-state index in [2.05, 4.69) is 61.8 Å². The molecule has 0 spiro atoms. The highest BCUT2D eigenvalue weighted by Crippen LogP contribution is 2.45. The van der Waals surface area contributed by atoms with Crippen molar-refractivity contribution < 1.29 is 29.3 Å². The van der Waals surface area contributed by atoms with Gasteiger partial charge in [0.2, 0.25) is 11.8 Å². The Bertz CT molecular complexity index is 1150. The molecule has 8 heteroatoms. The van der Waals surface area contributed by atoms with Gasteiger partial charge in [0.05, 0.1) is 24.0 Å². The second-order valence-corrected chi connectivity index (χ2v) is 16.8. The summed E-state index contributed by atoms with van der Waals surface area (Å²) in [6.45, 7) is 13.1. The van der Waals surface area contributed by atoms with Crippen molar-refractivity contribution in [3.63, 3.8) is 0 Å². The zero-order chi connectivity index (χ0) is 39.1. The quantitative estimate of drug-likeness (QED) is 0.0360. The number of rotatable bonds is 28. The Balaban J connectivity index is 1.58. The normalized spacial score (nSPS) is 22.6. The highest BCUT2D eigenvalue weighted by Gasteiger charge is 2.43. The van der Waals surface area contributed by atoms with E-state index in [9.17, 15) is 24.6 Å². The molecule has 0 radical (unpaired) electrons. The van der Waals surface area contributed by atoms with Crippen LogP contribution in [0.3, 0.4) is 0 Å². The molecule has 53 heavy (non-hydrogen) atoms. The Kier molecular flexibility index (Phi) is 23.2. The molecule has 0 aromatic heterocycles. The van der Waals surface area contributed by atoms with Crippen molar-refractivity contribution in [2.75, 3.05) is 13.1 Å². The van der Waals surface area contributed by atoms with Crippen LogP contribution in [0.25, 0.3) is 0 Å². The topological polar surface area (TPSA) is 125 Å². The molecule has 0 fully saturated rings. The van der Waals surface area contributed by atoms with Gasteiger partial charge in [0.1, 0.15) is 6.10 Å². The molecule has 0 aliphatic heterocycles. The van der Waals surface area contributed by atoms with E-state index in [1.807, 2.05) is 20.8 Å². The summed E-state index contributed by atoms with van der Waals surface area (Å²) in [6, 6.07) is 0. The average molecular weight is 743 g/mol. The molecular weight excluding hydrogens is 665 g/mol. The van der Waals surface area contributed by atoms with Crippen molar-refractivity contribution in [1.82, 2.24) is 10.6 Å². The maximum Gasteiger partial charge on any atom is 0.311 e. The fourth-order valence-corrected chi connectivity index (χ4v) is 7.70. The molecule has 0 aromatic carbocycles. The predicted octanol–water partition coefficient (Wildman–Crippen LogP) is 9.29. The van der Waals surface area contributed by atoms with E-state index >= 15 is 0 Å². The van der Waals surface area contributed by atoms with Crippen molar-refractivity contribution in [3.8, 4) is 0 Å². The van der Waals surface area contributed by atoms with E-state index in [0.717, 1.165) is 38.5 Å². The van der Waals surface area contributed by atoms with E-state index in [-0.39, 0.29) is 54.5 Å². The molecule has 0 saturated carbocycles. The van der Waals surface area contributed by atoms with Gasteiger partial charge in [-0.25, -0.2) is 0 Å². The number of amides is 2. The van der Waals surface area contributed by atoms with Gasteiger partial charge < -0.3 is 25.6 Å². The number of allylic oxidation sites excluding steroid dienone is 5. The summed E-state index contributed by atoms with van der Waals surface area (Å²) in [5.41, 5.74) is 0.677. The number of carbonyl (C=O) groups is 3. The van der Waals surface area contributed by atoms with Crippen molar-refractivity contribution >= 4 is 17.8 Å². The standard InChI is InChI=1S/C45H78N2O6/c1-7-9-10-11-12-13-14-15-16-17-18-19-20-21-22-23-41(50)46-28-29-47-42(51)33-38(49)32-37(48)26-27-39-35(4)24-25-36-30-34(3)31-40(43(36)39)53-44(52)45(5,6)8-2/h15-16,24-25,30,34-35,37-40,43,48-49H,7-14,17-23,26-29,31-33H2,1-6H3,(H,46,50)(H,47,51)/b16-15-/t34-,35-,37-,38+,39-,40?,43?/m0/s1. The summed E-state index contributed by atoms with van der Waals surface area (Å²) < 4.78 is 6.20. The lowest BCUT2D eigenvalue weighted by Gasteiger charge is -2.44. The summed E-state index contributed by atoms with van der Waals surface area (Å²) in [5, 5.41) is 27.1. The van der Waals surface area contributed by atoms with Crippen molar-refractivity contribution in [3.05, 3.63) is 36.0 Å². The monoisotopic (exact) mass is 743 g/mol. The predicted molar refractivity (Wildman–Crippen MR) is 217 cm³/mol. The smallest absolute Gasteiger partial charge is 0.311 e. The number of nitrogens with one attached hydrogen (secondary N) is 2. The van der Waals surface area contributed by atoms with E-state index in [0.29, 0.717) is 38.3 Å². The maximum atomic E-state index is 13.1. The first-order chi connectivity index (χ1) is 25.4. The van der Waals surface area contributed by atoms with Crippen LogP contribution in [0.15, 0.2) is 36.0 Å². The van der Waals surface area contributed by atoms with Crippen LogP contribution in [-0.4, -0.2) is 59.4 Å². The molecule has 0 bridgehead atoms. The van der Waals surface area contributed by atoms with Crippen LogP contribution >= 0.6 is 0 Å². The summed E-state index contributed by atoms with van der Waals surface area (Å²) in [4.78, 5) is 37.7. The second kappa shape index (κ2) is 26.4. The van der Waals surface area contributed by atoms with Crippen LogP contribution in [0.2, 0.25) is 0 Å². The molecule has 2 amide bonds. The van der Waals surface area contributed by atoms with Gasteiger partial charge in [-0.3, -0.25) is 14.4 Å². The summed E-state index contributed by atoms with van der Waals surface area (Å²) in [7, 11) is 0. The molecule has 2 rings (SSSR count). The summed E-state index contributed by atoms with van der Waals surface area (Å²) in [5.74, 6) is 0.396. The highest BCUT2D eigenvalue weighted by molar-refractivity contribution is 5.77. The first-order valence-corrected chi connectivity index (χ1v) is 21.5. The van der Waals surface area contributed by atoms with Gasteiger partial charge >= 0.3 is 5.97 Å². The van der Waals surface area contributed by atoms with Crippen LogP contribution < -0.4 is 10.6 Å². The minimum Gasteiger partial charge on any atom is -0.461 e. The minimum absolute atomic E-state index is 0.00226. The number of ether oxygens (including phenoxy) is 1. The average Bonchev–Trinajstić information content (AvgIpc) is 3.11. The van der Waals surface area contributed by atoms with Gasteiger partial charge in [0.15, 0.2) is 0 Å². The third-order valence-corrected chi connectivity index (χ3v) is 11.5. The van der Waals surface area contributed by atoms with E-state index in [1.54, 1.807) is 0 Å². The summed E-state index contributed by atoms with van der Waals surface area (Å²) in [6.07, 6.45) is 28.6. The number of unbranched alkanes of at least 4 members (excludes halogenated alkanes) is 11. The molecular formula is C45H78N2O6. The van der Waals surface area contributed by atoms with Crippen LogP contribution in [-0.2, 0) is 19.1 Å². The number of hydrogen-bond acceptors (Lipinski definition) is 6. The van der Waals surface area contributed by atoms with Crippen LogP contribution in [0.5, 0.6) is 0 Å².